The van der Waals surface area contributed by atoms with E-state index in [1.807, 2.05) is 13.8 Å². The van der Waals surface area contributed by atoms with Crippen LogP contribution in [0.1, 0.15) is 20.3 Å². The Morgan fingerprint density at radius 3 is 2.00 bits per heavy atom. The molecular weight excluding hydrogens is 190 g/mol. The van der Waals surface area contributed by atoms with Gasteiger partial charge < -0.3 is 0 Å². The summed E-state index contributed by atoms with van der Waals surface area (Å²) in [4.78, 5) is 0. The molecule has 9 heavy (non-hydrogen) atoms. The van der Waals surface area contributed by atoms with E-state index in [-0.39, 0.29) is 11.8 Å². The second-order valence-electron chi connectivity index (χ2n) is 2.89. The normalized spacial score (nSPS) is 12.7. The van der Waals surface area contributed by atoms with Crippen LogP contribution in [-0.4, -0.2) is 11.8 Å². The van der Waals surface area contributed by atoms with Crippen molar-refractivity contribution in [3.63, 3.8) is 0 Å². The van der Waals surface area contributed by atoms with Gasteiger partial charge in [-0.1, -0.05) is 29.8 Å². The van der Waals surface area contributed by atoms with Crippen molar-refractivity contribution in [1.82, 2.24) is 0 Å². The Labute approximate surface area is 62.8 Å². The summed E-state index contributed by atoms with van der Waals surface area (Å²) >= 11 is 3.17. The van der Waals surface area contributed by atoms with E-state index in [1.165, 1.54) is 0 Å². The van der Waals surface area contributed by atoms with Crippen LogP contribution in [0, 0.1) is 5.41 Å². The maximum absolute atomic E-state index is 11.7. The zero-order chi connectivity index (χ0) is 7.49. The van der Waals surface area contributed by atoms with Gasteiger partial charge in [0, 0.05) is 11.8 Å². The van der Waals surface area contributed by atoms with Crippen molar-refractivity contribution in [2.45, 2.75) is 26.7 Å². The van der Waals surface area contributed by atoms with Crippen LogP contribution in [0.2, 0.25) is 0 Å². The lowest BCUT2D eigenvalue weighted by molar-refractivity contribution is 0.0965. The number of rotatable bonds is 3. The molecule has 0 saturated heterocycles. The fourth-order valence-corrected chi connectivity index (χ4v) is 0.701. The molecule has 0 heterocycles. The summed E-state index contributed by atoms with van der Waals surface area (Å²) in [6.45, 7) is 3.63. The topological polar surface area (TPSA) is 0 Å². The number of hydrogen-bond donors (Lipinski definition) is 0. The van der Waals surface area contributed by atoms with E-state index in [4.69, 9.17) is 0 Å². The first-order chi connectivity index (χ1) is 3.98. The van der Waals surface area contributed by atoms with Crippen molar-refractivity contribution in [3.8, 4) is 0 Å². The third kappa shape index (κ3) is 4.82. The van der Waals surface area contributed by atoms with Gasteiger partial charge in [0.25, 0.3) is 0 Å². The Balaban J connectivity index is 3.58. The summed E-state index contributed by atoms with van der Waals surface area (Å²) in [6.07, 6.45) is -2.21. The lowest BCUT2D eigenvalue weighted by Crippen LogP contribution is -2.16. The van der Waals surface area contributed by atoms with Gasteiger partial charge in [-0.05, 0) is 5.41 Å². The molecule has 0 aliphatic rings. The van der Waals surface area contributed by atoms with Crippen molar-refractivity contribution < 1.29 is 8.78 Å². The van der Waals surface area contributed by atoms with Gasteiger partial charge in [0.15, 0.2) is 0 Å². The molecule has 0 unspecified atom stereocenters. The molecule has 0 atom stereocenters. The third-order valence-electron chi connectivity index (χ3n) is 1.07. The number of alkyl halides is 3. The zero-order valence-electron chi connectivity index (χ0n) is 5.63. The fraction of sp³-hybridized carbons (Fsp3) is 1.00. The van der Waals surface area contributed by atoms with Crippen LogP contribution in [0.25, 0.3) is 0 Å². The molecule has 0 aromatic carbocycles. The molecule has 0 aromatic heterocycles. The van der Waals surface area contributed by atoms with Crippen LogP contribution in [-0.2, 0) is 0 Å². The molecule has 56 valence electrons. The molecule has 0 N–H and O–H groups in total. The quantitative estimate of drug-likeness (QED) is 0.615. The summed E-state index contributed by atoms with van der Waals surface area (Å²) in [5, 5.41) is 0.629. The summed E-state index contributed by atoms with van der Waals surface area (Å²) < 4.78 is 23.4. The highest BCUT2D eigenvalue weighted by atomic mass is 79.9. The predicted molar refractivity (Wildman–Crippen MR) is 38.2 cm³/mol. The van der Waals surface area contributed by atoms with Gasteiger partial charge in [-0.25, -0.2) is 8.78 Å². The second kappa shape index (κ2) is 3.49. The van der Waals surface area contributed by atoms with Crippen molar-refractivity contribution in [3.05, 3.63) is 0 Å². The standard InChI is InChI=1S/C6H11BrF2/c1-6(2,4-7)3-5(8)9/h5H,3-4H2,1-2H3. The highest BCUT2D eigenvalue weighted by molar-refractivity contribution is 9.09. The van der Waals surface area contributed by atoms with Crippen molar-refractivity contribution in [2.75, 3.05) is 5.33 Å². The molecule has 0 aliphatic carbocycles. The molecule has 0 aliphatic heterocycles. The SMILES string of the molecule is CC(C)(CBr)CC(F)F. The summed E-state index contributed by atoms with van der Waals surface area (Å²) in [6, 6.07) is 0. The summed E-state index contributed by atoms with van der Waals surface area (Å²) in [7, 11) is 0. The molecule has 0 aromatic rings. The van der Waals surface area contributed by atoms with Gasteiger partial charge in [-0.3, -0.25) is 0 Å². The summed E-state index contributed by atoms with van der Waals surface area (Å²) in [5.41, 5.74) is -0.270. The summed E-state index contributed by atoms with van der Waals surface area (Å²) in [5.74, 6) is 0. The molecule has 0 spiro atoms. The Morgan fingerprint density at radius 1 is 1.44 bits per heavy atom. The smallest absolute Gasteiger partial charge is 0.211 e. The first-order valence-electron chi connectivity index (χ1n) is 2.82. The maximum Gasteiger partial charge on any atom is 0.239 e. The van der Waals surface area contributed by atoms with Gasteiger partial charge in [0.1, 0.15) is 0 Å². The average molecular weight is 201 g/mol. The Kier molecular flexibility index (Phi) is 3.63. The number of halogens is 3. The van der Waals surface area contributed by atoms with Crippen LogP contribution in [0.15, 0.2) is 0 Å². The van der Waals surface area contributed by atoms with Crippen molar-refractivity contribution >= 4 is 15.9 Å². The van der Waals surface area contributed by atoms with Crippen LogP contribution in [0.3, 0.4) is 0 Å². The highest BCUT2D eigenvalue weighted by Gasteiger charge is 2.21. The van der Waals surface area contributed by atoms with Crippen LogP contribution in [0.4, 0.5) is 8.78 Å². The molecule has 3 heteroatoms. The van der Waals surface area contributed by atoms with Crippen LogP contribution in [0.5, 0.6) is 0 Å². The van der Waals surface area contributed by atoms with E-state index in [9.17, 15) is 8.78 Å². The van der Waals surface area contributed by atoms with E-state index in [1.54, 1.807) is 0 Å². The Hall–Kier alpha value is 0.340. The van der Waals surface area contributed by atoms with E-state index in [2.05, 4.69) is 15.9 Å². The third-order valence-corrected chi connectivity index (χ3v) is 2.59. The molecule has 0 rings (SSSR count). The van der Waals surface area contributed by atoms with Gasteiger partial charge >= 0.3 is 0 Å². The van der Waals surface area contributed by atoms with Crippen molar-refractivity contribution in [2.24, 2.45) is 5.41 Å². The monoisotopic (exact) mass is 200 g/mol. The molecule has 0 bridgehead atoms. The molecule has 0 radical (unpaired) electrons. The maximum atomic E-state index is 11.7. The molecule has 0 saturated carbocycles. The first-order valence-corrected chi connectivity index (χ1v) is 3.94. The lowest BCUT2D eigenvalue weighted by Gasteiger charge is -2.19. The molecule has 0 amide bonds. The zero-order valence-corrected chi connectivity index (χ0v) is 7.21. The van der Waals surface area contributed by atoms with E-state index in [0.29, 0.717) is 5.33 Å². The van der Waals surface area contributed by atoms with Crippen molar-refractivity contribution in [1.29, 1.82) is 0 Å². The van der Waals surface area contributed by atoms with Gasteiger partial charge in [-0.2, -0.15) is 0 Å². The van der Waals surface area contributed by atoms with E-state index < -0.39 is 6.43 Å². The fourth-order valence-electron chi connectivity index (χ4n) is 0.472. The number of hydrogen-bond acceptors (Lipinski definition) is 0. The minimum Gasteiger partial charge on any atom is -0.211 e. The van der Waals surface area contributed by atoms with E-state index in [0.717, 1.165) is 0 Å². The second-order valence-corrected chi connectivity index (χ2v) is 3.45. The van der Waals surface area contributed by atoms with Crippen LogP contribution >= 0.6 is 15.9 Å². The van der Waals surface area contributed by atoms with Gasteiger partial charge in [0.05, 0.1) is 0 Å². The highest BCUT2D eigenvalue weighted by Crippen LogP contribution is 2.26. The Morgan fingerprint density at radius 2 is 1.89 bits per heavy atom. The molecule has 0 fully saturated rings. The first kappa shape index (κ1) is 9.34. The minimum atomic E-state index is -2.18. The van der Waals surface area contributed by atoms with E-state index >= 15 is 0 Å². The van der Waals surface area contributed by atoms with Gasteiger partial charge in [0.2, 0.25) is 6.43 Å². The minimum absolute atomic E-state index is 0.0295. The Bertz CT molecular complexity index is 81.1. The predicted octanol–water partition coefficient (Wildman–Crippen LogP) is 3.06. The van der Waals surface area contributed by atoms with Crippen LogP contribution < -0.4 is 0 Å². The van der Waals surface area contributed by atoms with Gasteiger partial charge in [-0.15, -0.1) is 0 Å². The average Bonchev–Trinajstić information content (AvgIpc) is 1.63. The molecule has 0 nitrogen and oxygen atoms in total. The largest absolute Gasteiger partial charge is 0.239 e. The molecular formula is C6H11BrF2. The lowest BCUT2D eigenvalue weighted by atomic mass is 9.93.